The van der Waals surface area contributed by atoms with E-state index in [0.29, 0.717) is 18.0 Å². The molecule has 7 heteroatoms. The molecule has 0 spiro atoms. The zero-order valence-electron chi connectivity index (χ0n) is 12.0. The van der Waals surface area contributed by atoms with E-state index in [2.05, 4.69) is 15.2 Å². The molecule has 1 aliphatic heterocycles. The van der Waals surface area contributed by atoms with Crippen molar-refractivity contribution in [2.75, 3.05) is 46.6 Å². The first kappa shape index (κ1) is 15.4. The number of nitrogens with zero attached hydrogens (tertiary/aromatic N) is 2. The van der Waals surface area contributed by atoms with Crippen LogP contribution in [-0.4, -0.2) is 62.4 Å². The van der Waals surface area contributed by atoms with Crippen LogP contribution in [0.2, 0.25) is 0 Å². The maximum absolute atomic E-state index is 12.0. The van der Waals surface area contributed by atoms with E-state index in [1.807, 2.05) is 6.92 Å². The maximum Gasteiger partial charge on any atom is 0.263 e. The third kappa shape index (κ3) is 4.24. The number of hydrogen-bond acceptors (Lipinski definition) is 6. The second-order valence-corrected chi connectivity index (χ2v) is 5.74. The number of carbonyl (C=O) groups is 1. The van der Waals surface area contributed by atoms with Crippen molar-refractivity contribution in [1.29, 1.82) is 0 Å². The van der Waals surface area contributed by atoms with Crippen molar-refractivity contribution in [3.05, 3.63) is 15.6 Å². The quantitative estimate of drug-likeness (QED) is 0.782. The standard InChI is InChI=1S/C13H21N3O3S/c1-10-12(13(17)14-3-6-18-2)20-11(15-10)9-16-4-7-19-8-5-16/h3-9H2,1-2H3,(H,14,17). The molecular formula is C13H21N3O3S. The lowest BCUT2D eigenvalue weighted by Gasteiger charge is -2.25. The van der Waals surface area contributed by atoms with Crippen LogP contribution < -0.4 is 5.32 Å². The van der Waals surface area contributed by atoms with E-state index in [-0.39, 0.29) is 5.91 Å². The minimum atomic E-state index is -0.0646. The van der Waals surface area contributed by atoms with Crippen molar-refractivity contribution in [3.8, 4) is 0 Å². The predicted molar refractivity (Wildman–Crippen MR) is 77.2 cm³/mol. The molecule has 1 amide bonds. The molecule has 0 aromatic carbocycles. The molecule has 0 atom stereocenters. The summed E-state index contributed by atoms with van der Waals surface area (Å²) in [6.45, 7) is 7.10. The average molecular weight is 299 g/mol. The second-order valence-electron chi connectivity index (χ2n) is 4.66. The van der Waals surface area contributed by atoms with Gasteiger partial charge in [-0.1, -0.05) is 0 Å². The lowest BCUT2D eigenvalue weighted by Crippen LogP contribution is -2.35. The number of rotatable bonds is 6. The highest BCUT2D eigenvalue weighted by Gasteiger charge is 2.17. The van der Waals surface area contributed by atoms with Gasteiger partial charge in [0, 0.05) is 26.7 Å². The van der Waals surface area contributed by atoms with E-state index in [9.17, 15) is 4.79 Å². The van der Waals surface area contributed by atoms with Crippen molar-refractivity contribution < 1.29 is 14.3 Å². The Kier molecular flexibility index (Phi) is 5.90. The van der Waals surface area contributed by atoms with Crippen molar-refractivity contribution in [3.63, 3.8) is 0 Å². The monoisotopic (exact) mass is 299 g/mol. The largest absolute Gasteiger partial charge is 0.383 e. The van der Waals surface area contributed by atoms with Gasteiger partial charge in [-0.05, 0) is 6.92 Å². The molecule has 2 heterocycles. The molecule has 0 aliphatic carbocycles. The van der Waals surface area contributed by atoms with E-state index in [0.717, 1.165) is 43.5 Å². The van der Waals surface area contributed by atoms with Gasteiger partial charge in [-0.3, -0.25) is 9.69 Å². The van der Waals surface area contributed by atoms with Crippen LogP contribution in [0.4, 0.5) is 0 Å². The summed E-state index contributed by atoms with van der Waals surface area (Å²) in [4.78, 5) is 19.5. The molecule has 1 fully saturated rings. The van der Waals surface area contributed by atoms with Gasteiger partial charge in [0.15, 0.2) is 0 Å². The fraction of sp³-hybridized carbons (Fsp3) is 0.692. The van der Waals surface area contributed by atoms with Crippen LogP contribution in [0.15, 0.2) is 0 Å². The number of morpholine rings is 1. The van der Waals surface area contributed by atoms with Crippen molar-refractivity contribution in [2.45, 2.75) is 13.5 Å². The number of hydrogen-bond donors (Lipinski definition) is 1. The number of aryl methyl sites for hydroxylation is 1. The summed E-state index contributed by atoms with van der Waals surface area (Å²) in [6.07, 6.45) is 0. The Bertz CT molecular complexity index is 444. The molecule has 1 aliphatic rings. The molecular weight excluding hydrogens is 278 g/mol. The Morgan fingerprint density at radius 3 is 2.95 bits per heavy atom. The van der Waals surface area contributed by atoms with Crippen LogP contribution >= 0.6 is 11.3 Å². The van der Waals surface area contributed by atoms with Gasteiger partial charge in [-0.25, -0.2) is 4.98 Å². The molecule has 6 nitrogen and oxygen atoms in total. The Labute approximate surface area is 123 Å². The van der Waals surface area contributed by atoms with E-state index < -0.39 is 0 Å². The van der Waals surface area contributed by atoms with Crippen LogP contribution in [0.25, 0.3) is 0 Å². The van der Waals surface area contributed by atoms with Crippen molar-refractivity contribution in [1.82, 2.24) is 15.2 Å². The Hall–Kier alpha value is -1.02. The van der Waals surface area contributed by atoms with E-state index in [1.54, 1.807) is 7.11 Å². The third-order valence-corrected chi connectivity index (χ3v) is 4.24. The smallest absolute Gasteiger partial charge is 0.263 e. The topological polar surface area (TPSA) is 63.7 Å². The normalized spacial score (nSPS) is 16.3. The summed E-state index contributed by atoms with van der Waals surface area (Å²) in [5.74, 6) is -0.0646. The second kappa shape index (κ2) is 7.68. The SMILES string of the molecule is COCCNC(=O)c1sc(CN2CCOCC2)nc1C. The highest BCUT2D eigenvalue weighted by Crippen LogP contribution is 2.19. The number of carbonyl (C=O) groups excluding carboxylic acids is 1. The number of nitrogens with one attached hydrogen (secondary N) is 1. The summed E-state index contributed by atoms with van der Waals surface area (Å²) in [7, 11) is 1.62. The van der Waals surface area contributed by atoms with Crippen molar-refractivity contribution >= 4 is 17.2 Å². The van der Waals surface area contributed by atoms with Gasteiger partial charge >= 0.3 is 0 Å². The number of amides is 1. The summed E-state index contributed by atoms with van der Waals surface area (Å²) in [5.41, 5.74) is 0.799. The van der Waals surface area contributed by atoms with Gasteiger partial charge in [0.1, 0.15) is 9.88 Å². The van der Waals surface area contributed by atoms with Crippen molar-refractivity contribution in [2.24, 2.45) is 0 Å². The minimum absolute atomic E-state index is 0.0646. The zero-order chi connectivity index (χ0) is 14.4. The lowest BCUT2D eigenvalue weighted by molar-refractivity contribution is 0.0341. The first-order valence-corrected chi connectivity index (χ1v) is 7.56. The number of ether oxygens (including phenoxy) is 2. The Morgan fingerprint density at radius 1 is 1.50 bits per heavy atom. The number of thiazole rings is 1. The van der Waals surface area contributed by atoms with Crippen LogP contribution in [0.5, 0.6) is 0 Å². The fourth-order valence-electron chi connectivity index (χ4n) is 2.03. The summed E-state index contributed by atoms with van der Waals surface area (Å²) >= 11 is 1.47. The molecule has 0 saturated carbocycles. The lowest BCUT2D eigenvalue weighted by atomic mass is 10.3. The van der Waals surface area contributed by atoms with E-state index in [4.69, 9.17) is 9.47 Å². The first-order valence-electron chi connectivity index (χ1n) is 6.74. The zero-order valence-corrected chi connectivity index (χ0v) is 12.8. The Balaban J connectivity index is 1.92. The molecule has 2 rings (SSSR count). The number of methoxy groups -OCH3 is 1. The highest BCUT2D eigenvalue weighted by molar-refractivity contribution is 7.13. The molecule has 0 bridgehead atoms. The first-order chi connectivity index (χ1) is 9.70. The van der Waals surface area contributed by atoms with Crippen LogP contribution in [0.3, 0.4) is 0 Å². The van der Waals surface area contributed by atoms with Crippen LogP contribution in [0, 0.1) is 6.92 Å². The van der Waals surface area contributed by atoms with E-state index in [1.165, 1.54) is 11.3 Å². The van der Waals surface area contributed by atoms with Gasteiger partial charge in [0.2, 0.25) is 0 Å². The van der Waals surface area contributed by atoms with Gasteiger partial charge in [0.25, 0.3) is 5.91 Å². The third-order valence-electron chi connectivity index (χ3n) is 3.10. The van der Waals surface area contributed by atoms with Gasteiger partial charge in [-0.15, -0.1) is 11.3 Å². The summed E-state index contributed by atoms with van der Waals surface area (Å²) in [5, 5.41) is 3.82. The molecule has 112 valence electrons. The molecule has 1 aromatic rings. The van der Waals surface area contributed by atoms with Gasteiger partial charge < -0.3 is 14.8 Å². The molecule has 1 N–H and O–H groups in total. The van der Waals surface area contributed by atoms with Crippen LogP contribution in [-0.2, 0) is 16.0 Å². The molecule has 20 heavy (non-hydrogen) atoms. The minimum Gasteiger partial charge on any atom is -0.383 e. The van der Waals surface area contributed by atoms with Gasteiger partial charge in [0.05, 0.1) is 32.1 Å². The Morgan fingerprint density at radius 2 is 2.25 bits per heavy atom. The van der Waals surface area contributed by atoms with E-state index >= 15 is 0 Å². The molecule has 0 radical (unpaired) electrons. The summed E-state index contributed by atoms with van der Waals surface area (Å²) in [6, 6.07) is 0. The average Bonchev–Trinajstić information content (AvgIpc) is 2.81. The molecule has 0 unspecified atom stereocenters. The molecule has 1 saturated heterocycles. The van der Waals surface area contributed by atoms with Gasteiger partial charge in [-0.2, -0.15) is 0 Å². The van der Waals surface area contributed by atoms with Crippen LogP contribution in [0.1, 0.15) is 20.4 Å². The number of aromatic nitrogens is 1. The molecule has 1 aromatic heterocycles. The predicted octanol–water partition coefficient (Wildman–Crippen LogP) is 0.660. The maximum atomic E-state index is 12.0. The fourth-order valence-corrected chi connectivity index (χ4v) is 3.05. The highest BCUT2D eigenvalue weighted by atomic mass is 32.1. The summed E-state index contributed by atoms with van der Waals surface area (Å²) < 4.78 is 10.2.